The molecule has 0 spiro atoms. The van der Waals surface area contributed by atoms with Crippen LogP contribution in [0.4, 0.5) is 0 Å². The molecule has 1 fully saturated rings. The van der Waals surface area contributed by atoms with Crippen LogP contribution in [0.15, 0.2) is 16.0 Å². The number of rotatable bonds is 5. The van der Waals surface area contributed by atoms with Gasteiger partial charge in [-0.2, -0.15) is 4.98 Å². The van der Waals surface area contributed by atoms with Crippen LogP contribution in [-0.4, -0.2) is 40.7 Å². The number of primary amides is 1. The molecule has 3 rings (SSSR count). The van der Waals surface area contributed by atoms with Gasteiger partial charge in [0.2, 0.25) is 11.8 Å². The largest absolute Gasteiger partial charge is 0.380 e. The van der Waals surface area contributed by atoms with Crippen LogP contribution in [0.5, 0.6) is 0 Å². The highest BCUT2D eigenvalue weighted by molar-refractivity contribution is 7.10. The first kappa shape index (κ1) is 15.1. The normalized spacial score (nSPS) is 22.3. The number of nitrogens with zero attached hydrogens (tertiary/aromatic N) is 3. The van der Waals surface area contributed by atoms with Crippen LogP contribution >= 0.6 is 11.3 Å². The number of carbonyl (C=O) groups is 1. The maximum atomic E-state index is 11.2. The van der Waals surface area contributed by atoms with Gasteiger partial charge in [-0.05, 0) is 19.4 Å². The minimum atomic E-state index is -0.400. The molecule has 2 aromatic rings. The van der Waals surface area contributed by atoms with Crippen LogP contribution in [0, 0.1) is 6.92 Å². The lowest BCUT2D eigenvalue weighted by molar-refractivity contribution is 0.1000. The third-order valence-corrected chi connectivity index (χ3v) is 4.75. The first-order valence-electron chi connectivity index (χ1n) is 7.01. The fraction of sp³-hybridized carbons (Fsp3) is 0.500. The van der Waals surface area contributed by atoms with Crippen molar-refractivity contribution >= 4 is 17.2 Å². The second-order valence-electron chi connectivity index (χ2n) is 5.38. The molecule has 1 saturated heterocycles. The van der Waals surface area contributed by atoms with Crippen molar-refractivity contribution in [1.82, 2.24) is 15.0 Å². The van der Waals surface area contributed by atoms with E-state index in [4.69, 9.17) is 15.0 Å². The fourth-order valence-electron chi connectivity index (χ4n) is 2.71. The summed E-state index contributed by atoms with van der Waals surface area (Å²) in [5.74, 6) is 0.842. The van der Waals surface area contributed by atoms with Gasteiger partial charge in [0.1, 0.15) is 0 Å². The molecule has 2 N–H and O–H groups in total. The zero-order chi connectivity index (χ0) is 15.7. The summed E-state index contributed by atoms with van der Waals surface area (Å²) in [5.41, 5.74) is 5.85. The van der Waals surface area contributed by atoms with E-state index in [1.54, 1.807) is 19.4 Å². The molecule has 1 amide bonds. The molecule has 0 aromatic carbocycles. The molecule has 2 aromatic heterocycles. The third kappa shape index (κ3) is 3.03. The molecular weight excluding hydrogens is 304 g/mol. The van der Waals surface area contributed by atoms with Crippen LogP contribution in [-0.2, 0) is 11.3 Å². The number of ether oxygens (including phenoxy) is 1. The monoisotopic (exact) mass is 322 g/mol. The second kappa shape index (κ2) is 6.15. The van der Waals surface area contributed by atoms with E-state index >= 15 is 0 Å². The summed E-state index contributed by atoms with van der Waals surface area (Å²) in [6.45, 7) is 3.29. The summed E-state index contributed by atoms with van der Waals surface area (Å²) < 4.78 is 10.8. The van der Waals surface area contributed by atoms with Crippen LogP contribution in [0.3, 0.4) is 0 Å². The van der Waals surface area contributed by atoms with E-state index in [9.17, 15) is 4.79 Å². The number of hydrogen-bond donors (Lipinski definition) is 1. The van der Waals surface area contributed by atoms with E-state index in [0.29, 0.717) is 23.8 Å². The molecule has 0 bridgehead atoms. The Balaban J connectivity index is 1.78. The van der Waals surface area contributed by atoms with Crippen molar-refractivity contribution in [3.63, 3.8) is 0 Å². The minimum Gasteiger partial charge on any atom is -0.380 e. The zero-order valence-electron chi connectivity index (χ0n) is 12.5. The summed E-state index contributed by atoms with van der Waals surface area (Å²) in [7, 11) is 1.71. The number of likely N-dealkylation sites (tertiary alicyclic amines) is 1. The highest BCUT2D eigenvalue weighted by Crippen LogP contribution is 2.34. The number of amides is 1. The summed E-state index contributed by atoms with van der Waals surface area (Å²) in [4.78, 5) is 18.9. The Hall–Kier alpha value is -1.77. The van der Waals surface area contributed by atoms with Gasteiger partial charge in [0, 0.05) is 30.5 Å². The maximum absolute atomic E-state index is 11.2. The highest BCUT2D eigenvalue weighted by atomic mass is 32.1. The topological polar surface area (TPSA) is 94.5 Å². The van der Waals surface area contributed by atoms with Crippen LogP contribution in [0.2, 0.25) is 0 Å². The Morgan fingerprint density at radius 2 is 2.45 bits per heavy atom. The number of hydrogen-bond acceptors (Lipinski definition) is 7. The minimum absolute atomic E-state index is 0.0327. The predicted molar refractivity (Wildman–Crippen MR) is 80.4 cm³/mol. The predicted octanol–water partition coefficient (Wildman–Crippen LogP) is 1.50. The summed E-state index contributed by atoms with van der Waals surface area (Å²) in [6.07, 6.45) is 0.944. The molecule has 118 valence electrons. The number of thiophene rings is 1. The number of carbonyl (C=O) groups excluding carboxylic acids is 1. The lowest BCUT2D eigenvalue weighted by atomic mass is 10.2. The van der Waals surface area contributed by atoms with Gasteiger partial charge in [-0.1, -0.05) is 5.16 Å². The highest BCUT2D eigenvalue weighted by Gasteiger charge is 2.36. The van der Waals surface area contributed by atoms with Gasteiger partial charge < -0.3 is 15.0 Å². The van der Waals surface area contributed by atoms with Crippen LogP contribution in [0.1, 0.15) is 39.4 Å². The molecule has 3 heterocycles. The second-order valence-corrected chi connectivity index (χ2v) is 6.38. The molecule has 7 nitrogen and oxygen atoms in total. The van der Waals surface area contributed by atoms with Crippen LogP contribution in [0.25, 0.3) is 0 Å². The van der Waals surface area contributed by atoms with Crippen molar-refractivity contribution in [1.29, 1.82) is 0 Å². The van der Waals surface area contributed by atoms with Crippen molar-refractivity contribution in [3.05, 3.63) is 33.6 Å². The van der Waals surface area contributed by atoms with E-state index < -0.39 is 5.91 Å². The van der Waals surface area contributed by atoms with Crippen molar-refractivity contribution in [2.45, 2.75) is 32.0 Å². The van der Waals surface area contributed by atoms with E-state index in [2.05, 4.69) is 15.0 Å². The molecule has 0 radical (unpaired) electrons. The molecule has 1 aliphatic heterocycles. The fourth-order valence-corrected chi connectivity index (χ4v) is 3.60. The number of methoxy groups -OCH3 is 1. The molecule has 0 saturated carbocycles. The van der Waals surface area contributed by atoms with E-state index in [-0.39, 0.29) is 12.1 Å². The van der Waals surface area contributed by atoms with Gasteiger partial charge in [0.05, 0.1) is 17.7 Å². The SMILES string of the molecule is CO[C@@H]1C[C@H](c2nc(C)no2)N(Cc2cc(C(N)=O)cs2)C1. The lowest BCUT2D eigenvalue weighted by Crippen LogP contribution is -2.24. The first-order valence-corrected chi connectivity index (χ1v) is 7.89. The Morgan fingerprint density at radius 3 is 3.05 bits per heavy atom. The van der Waals surface area contributed by atoms with Crippen molar-refractivity contribution in [3.8, 4) is 0 Å². The van der Waals surface area contributed by atoms with Crippen molar-refractivity contribution in [2.75, 3.05) is 13.7 Å². The molecular formula is C14H18N4O3S. The van der Waals surface area contributed by atoms with Gasteiger partial charge in [-0.25, -0.2) is 0 Å². The van der Waals surface area contributed by atoms with E-state index in [0.717, 1.165) is 17.8 Å². The summed E-state index contributed by atoms with van der Waals surface area (Å²) in [5, 5.41) is 5.65. The molecule has 22 heavy (non-hydrogen) atoms. The summed E-state index contributed by atoms with van der Waals surface area (Å²) in [6, 6.07) is 1.87. The molecule has 2 atom stereocenters. The standard InChI is InChI=1S/C14H18N4O3S/c1-8-16-14(21-17-8)12-4-10(20-2)5-18(12)6-11-3-9(7-22-11)13(15)19/h3,7,10,12H,4-6H2,1-2H3,(H2,15,19)/t10-,12-/m1/s1. The van der Waals surface area contributed by atoms with Gasteiger partial charge in [0.25, 0.3) is 0 Å². The molecule has 0 unspecified atom stereocenters. The lowest BCUT2D eigenvalue weighted by Gasteiger charge is -2.20. The third-order valence-electron chi connectivity index (χ3n) is 3.82. The smallest absolute Gasteiger partial charge is 0.249 e. The Kier molecular flexibility index (Phi) is 4.23. The average Bonchev–Trinajstić information content (AvgIpc) is 3.18. The van der Waals surface area contributed by atoms with Gasteiger partial charge >= 0.3 is 0 Å². The number of aryl methyl sites for hydroxylation is 1. The zero-order valence-corrected chi connectivity index (χ0v) is 13.3. The average molecular weight is 322 g/mol. The molecule has 8 heteroatoms. The molecule has 0 aliphatic carbocycles. The van der Waals surface area contributed by atoms with Crippen LogP contribution < -0.4 is 5.73 Å². The quantitative estimate of drug-likeness (QED) is 0.896. The Morgan fingerprint density at radius 1 is 1.64 bits per heavy atom. The van der Waals surface area contributed by atoms with Gasteiger partial charge in [-0.3, -0.25) is 9.69 Å². The van der Waals surface area contributed by atoms with E-state index in [1.807, 2.05) is 6.07 Å². The summed E-state index contributed by atoms with van der Waals surface area (Å²) >= 11 is 1.53. The van der Waals surface area contributed by atoms with E-state index in [1.165, 1.54) is 11.3 Å². The Bertz CT molecular complexity index is 669. The van der Waals surface area contributed by atoms with Gasteiger partial charge in [-0.15, -0.1) is 11.3 Å². The number of nitrogens with two attached hydrogens (primary N) is 1. The maximum Gasteiger partial charge on any atom is 0.249 e. The van der Waals surface area contributed by atoms with Gasteiger partial charge in [0.15, 0.2) is 5.82 Å². The number of aromatic nitrogens is 2. The first-order chi connectivity index (χ1) is 10.6. The molecule has 1 aliphatic rings. The van der Waals surface area contributed by atoms with Crippen molar-refractivity contribution in [2.24, 2.45) is 5.73 Å². The van der Waals surface area contributed by atoms with Crippen molar-refractivity contribution < 1.29 is 14.1 Å². The Labute approximate surface area is 132 Å².